The molecule has 0 atom stereocenters. The summed E-state index contributed by atoms with van der Waals surface area (Å²) in [7, 11) is 0. The lowest BCUT2D eigenvalue weighted by Crippen LogP contribution is -1.85. The molecule has 0 nitrogen and oxygen atoms in total. The average Bonchev–Trinajstić information content (AvgIpc) is 2.16. The van der Waals surface area contributed by atoms with Crippen LogP contribution in [0.15, 0.2) is 42.5 Å². The topological polar surface area (TPSA) is 0 Å². The van der Waals surface area contributed by atoms with Crippen LogP contribution in [0.25, 0.3) is 11.1 Å². The van der Waals surface area contributed by atoms with Gasteiger partial charge in [-0.15, -0.1) is 0 Å². The van der Waals surface area contributed by atoms with Crippen molar-refractivity contribution in [3.05, 3.63) is 59.4 Å². The van der Waals surface area contributed by atoms with E-state index in [4.69, 9.17) is 0 Å². The second-order valence-electron chi connectivity index (χ2n) is 3.83. The fourth-order valence-corrected chi connectivity index (χ4v) is 1.79. The Labute approximate surface area is 89.4 Å². The van der Waals surface area contributed by atoms with Gasteiger partial charge in [0, 0.05) is 0 Å². The Morgan fingerprint density at radius 2 is 1.67 bits per heavy atom. The number of halogens is 1. The molecule has 0 saturated carbocycles. The molecule has 76 valence electrons. The van der Waals surface area contributed by atoms with Gasteiger partial charge in [0.25, 0.3) is 0 Å². The third-order valence-corrected chi connectivity index (χ3v) is 2.50. The van der Waals surface area contributed by atoms with Crippen LogP contribution in [-0.4, -0.2) is 0 Å². The summed E-state index contributed by atoms with van der Waals surface area (Å²) in [6, 6.07) is 13.1. The first-order chi connectivity index (χ1) is 7.16. The Balaban J connectivity index is 2.59. The second-order valence-corrected chi connectivity index (χ2v) is 3.83. The number of rotatable bonds is 1. The van der Waals surface area contributed by atoms with Gasteiger partial charge in [0.2, 0.25) is 0 Å². The molecule has 0 saturated heterocycles. The Hall–Kier alpha value is -1.63. The first-order valence-electron chi connectivity index (χ1n) is 5.00. The van der Waals surface area contributed by atoms with E-state index in [2.05, 4.69) is 0 Å². The standard InChI is InChI=1S/C14H13F/c1-10-7-12(9-13(15)8-10)14-6-4-3-5-11(14)2/h3-9H,1-2H3. The highest BCUT2D eigenvalue weighted by molar-refractivity contribution is 5.67. The minimum Gasteiger partial charge on any atom is -0.207 e. The molecule has 0 radical (unpaired) electrons. The van der Waals surface area contributed by atoms with Gasteiger partial charge in [-0.1, -0.05) is 30.3 Å². The summed E-state index contributed by atoms with van der Waals surface area (Å²) in [6.45, 7) is 3.94. The zero-order valence-corrected chi connectivity index (χ0v) is 8.92. The Morgan fingerprint density at radius 3 is 2.33 bits per heavy atom. The molecule has 0 aliphatic heterocycles. The molecule has 2 aromatic rings. The monoisotopic (exact) mass is 200 g/mol. The molecule has 1 heteroatoms. The molecule has 2 rings (SSSR count). The summed E-state index contributed by atoms with van der Waals surface area (Å²) in [6.07, 6.45) is 0. The van der Waals surface area contributed by atoms with Gasteiger partial charge in [0.05, 0.1) is 0 Å². The SMILES string of the molecule is Cc1cc(F)cc(-c2ccccc2C)c1. The molecule has 0 fully saturated rings. The highest BCUT2D eigenvalue weighted by Crippen LogP contribution is 2.24. The van der Waals surface area contributed by atoms with Crippen molar-refractivity contribution in [2.75, 3.05) is 0 Å². The minimum atomic E-state index is -0.173. The van der Waals surface area contributed by atoms with Gasteiger partial charge in [-0.2, -0.15) is 0 Å². The zero-order chi connectivity index (χ0) is 10.8. The van der Waals surface area contributed by atoms with Crippen LogP contribution in [0.4, 0.5) is 4.39 Å². The maximum Gasteiger partial charge on any atom is 0.124 e. The predicted molar refractivity (Wildman–Crippen MR) is 61.3 cm³/mol. The summed E-state index contributed by atoms with van der Waals surface area (Å²) in [5.74, 6) is -0.173. The van der Waals surface area contributed by atoms with Crippen molar-refractivity contribution < 1.29 is 4.39 Å². The third-order valence-electron chi connectivity index (χ3n) is 2.50. The van der Waals surface area contributed by atoms with Gasteiger partial charge in [0.1, 0.15) is 5.82 Å². The molecule has 0 bridgehead atoms. The Bertz CT molecular complexity index is 466. The van der Waals surface area contributed by atoms with Crippen molar-refractivity contribution in [1.82, 2.24) is 0 Å². The van der Waals surface area contributed by atoms with E-state index in [1.54, 1.807) is 12.1 Å². The zero-order valence-electron chi connectivity index (χ0n) is 8.92. The largest absolute Gasteiger partial charge is 0.207 e. The molecule has 0 unspecified atom stereocenters. The van der Waals surface area contributed by atoms with Gasteiger partial charge in [-0.3, -0.25) is 0 Å². The van der Waals surface area contributed by atoms with Crippen LogP contribution < -0.4 is 0 Å². The van der Waals surface area contributed by atoms with E-state index in [1.165, 1.54) is 5.56 Å². The molecule has 0 N–H and O–H groups in total. The molecular formula is C14H13F. The minimum absolute atomic E-state index is 0.173. The van der Waals surface area contributed by atoms with E-state index in [1.807, 2.05) is 44.2 Å². The van der Waals surface area contributed by atoms with Gasteiger partial charge in [-0.05, 0) is 48.2 Å². The van der Waals surface area contributed by atoms with Gasteiger partial charge in [0.15, 0.2) is 0 Å². The van der Waals surface area contributed by atoms with Crippen molar-refractivity contribution >= 4 is 0 Å². The number of aryl methyl sites for hydroxylation is 2. The lowest BCUT2D eigenvalue weighted by molar-refractivity contribution is 0.627. The predicted octanol–water partition coefficient (Wildman–Crippen LogP) is 4.11. The lowest BCUT2D eigenvalue weighted by atomic mass is 9.99. The summed E-state index contributed by atoms with van der Waals surface area (Å²) in [5, 5.41) is 0. The van der Waals surface area contributed by atoms with Crippen LogP contribution in [0, 0.1) is 19.7 Å². The van der Waals surface area contributed by atoms with Crippen LogP contribution in [-0.2, 0) is 0 Å². The van der Waals surface area contributed by atoms with E-state index in [-0.39, 0.29) is 5.82 Å². The normalized spacial score (nSPS) is 10.3. The summed E-state index contributed by atoms with van der Waals surface area (Å²) in [5.41, 5.74) is 4.17. The van der Waals surface area contributed by atoms with Crippen molar-refractivity contribution in [2.24, 2.45) is 0 Å². The average molecular weight is 200 g/mol. The third kappa shape index (κ3) is 2.07. The quantitative estimate of drug-likeness (QED) is 0.649. The van der Waals surface area contributed by atoms with Crippen LogP contribution in [0.5, 0.6) is 0 Å². The molecule has 0 amide bonds. The molecule has 0 heterocycles. The first-order valence-corrected chi connectivity index (χ1v) is 5.00. The maximum atomic E-state index is 13.2. The van der Waals surface area contributed by atoms with E-state index in [9.17, 15) is 4.39 Å². The lowest BCUT2D eigenvalue weighted by Gasteiger charge is -2.06. The van der Waals surface area contributed by atoms with E-state index < -0.39 is 0 Å². The van der Waals surface area contributed by atoms with E-state index in [0.29, 0.717) is 0 Å². The van der Waals surface area contributed by atoms with E-state index in [0.717, 1.165) is 16.7 Å². The fourth-order valence-electron chi connectivity index (χ4n) is 1.79. The molecule has 0 spiro atoms. The van der Waals surface area contributed by atoms with Crippen molar-refractivity contribution in [2.45, 2.75) is 13.8 Å². The van der Waals surface area contributed by atoms with Crippen molar-refractivity contribution in [3.63, 3.8) is 0 Å². The summed E-state index contributed by atoms with van der Waals surface area (Å²) >= 11 is 0. The molecule has 0 aliphatic carbocycles. The highest BCUT2D eigenvalue weighted by Gasteiger charge is 2.03. The Morgan fingerprint density at radius 1 is 0.933 bits per heavy atom. The number of benzene rings is 2. The fraction of sp³-hybridized carbons (Fsp3) is 0.143. The molecule has 0 aliphatic rings. The Kier molecular flexibility index (Phi) is 2.55. The highest BCUT2D eigenvalue weighted by atomic mass is 19.1. The molecule has 0 aromatic heterocycles. The number of hydrogen-bond acceptors (Lipinski definition) is 0. The van der Waals surface area contributed by atoms with Crippen LogP contribution in [0.3, 0.4) is 0 Å². The van der Waals surface area contributed by atoms with Crippen LogP contribution in [0.1, 0.15) is 11.1 Å². The number of hydrogen-bond donors (Lipinski definition) is 0. The van der Waals surface area contributed by atoms with E-state index >= 15 is 0 Å². The van der Waals surface area contributed by atoms with Crippen LogP contribution >= 0.6 is 0 Å². The van der Waals surface area contributed by atoms with Gasteiger partial charge < -0.3 is 0 Å². The summed E-state index contributed by atoms with van der Waals surface area (Å²) < 4.78 is 13.2. The second kappa shape index (κ2) is 3.85. The van der Waals surface area contributed by atoms with Crippen LogP contribution in [0.2, 0.25) is 0 Å². The maximum absolute atomic E-state index is 13.2. The van der Waals surface area contributed by atoms with Gasteiger partial charge >= 0.3 is 0 Å². The smallest absolute Gasteiger partial charge is 0.124 e. The van der Waals surface area contributed by atoms with Crippen molar-refractivity contribution in [1.29, 1.82) is 0 Å². The van der Waals surface area contributed by atoms with Gasteiger partial charge in [-0.25, -0.2) is 4.39 Å². The molecular weight excluding hydrogens is 187 g/mol. The molecule has 2 aromatic carbocycles. The first kappa shape index (κ1) is 9.91. The summed E-state index contributed by atoms with van der Waals surface area (Å²) in [4.78, 5) is 0. The van der Waals surface area contributed by atoms with Crippen molar-refractivity contribution in [3.8, 4) is 11.1 Å². The molecule has 15 heavy (non-hydrogen) atoms.